The number of hydrogen-bond donors (Lipinski definition) is 1. The molecule has 1 aliphatic heterocycles. The number of nitrogens with one attached hydrogen (secondary N) is 1. The number of ether oxygens (including phenoxy) is 1. The molecule has 1 N–H and O–H groups in total. The number of furan rings is 1. The molecule has 0 fully saturated rings. The van der Waals surface area contributed by atoms with Gasteiger partial charge in [0.25, 0.3) is 11.8 Å². The van der Waals surface area contributed by atoms with Gasteiger partial charge in [-0.1, -0.05) is 70.2 Å². The lowest BCUT2D eigenvalue weighted by Gasteiger charge is -2.22. The van der Waals surface area contributed by atoms with Gasteiger partial charge in [0.1, 0.15) is 5.75 Å². The first-order valence-electron chi connectivity index (χ1n) is 13.7. The minimum Gasteiger partial charge on any atom is -0.497 e. The summed E-state index contributed by atoms with van der Waals surface area (Å²) in [6.07, 6.45) is 2.02. The maximum Gasteiger partial charge on any atom is 0.287 e. The highest BCUT2D eigenvalue weighted by Crippen LogP contribution is 2.35. The molecule has 0 radical (unpaired) electrons. The Balaban J connectivity index is 1.24. The number of aromatic nitrogens is 3. The number of carbonyl (C=O) groups is 2. The maximum atomic E-state index is 13.8. The molecule has 3 aromatic carbocycles. The maximum absolute atomic E-state index is 13.8. The molecule has 0 aliphatic carbocycles. The van der Waals surface area contributed by atoms with Crippen LogP contribution in [0.5, 0.6) is 5.75 Å². The van der Waals surface area contributed by atoms with Crippen molar-refractivity contribution >= 4 is 45.2 Å². The van der Waals surface area contributed by atoms with Crippen LogP contribution in [-0.4, -0.2) is 50.2 Å². The van der Waals surface area contributed by atoms with Crippen molar-refractivity contribution in [3.05, 3.63) is 124 Å². The highest BCUT2D eigenvalue weighted by atomic mass is 79.9. The predicted molar refractivity (Wildman–Crippen MR) is 170 cm³/mol. The van der Waals surface area contributed by atoms with E-state index in [4.69, 9.17) is 14.3 Å². The second-order valence-corrected chi connectivity index (χ2v) is 11.7. The van der Waals surface area contributed by atoms with E-state index in [0.717, 1.165) is 32.7 Å². The molecule has 12 heteroatoms. The third-order valence-corrected chi connectivity index (χ3v) is 8.48. The van der Waals surface area contributed by atoms with E-state index in [-0.39, 0.29) is 35.9 Å². The van der Waals surface area contributed by atoms with Crippen LogP contribution in [0, 0.1) is 0 Å². The van der Waals surface area contributed by atoms with Gasteiger partial charge in [0.05, 0.1) is 37.4 Å². The van der Waals surface area contributed by atoms with E-state index in [2.05, 4.69) is 31.4 Å². The molecule has 0 saturated carbocycles. The Morgan fingerprint density at radius 3 is 2.48 bits per heavy atom. The highest BCUT2D eigenvalue weighted by Gasteiger charge is 2.33. The number of amides is 2. The molecule has 1 aliphatic rings. The fourth-order valence-corrected chi connectivity index (χ4v) is 5.92. The zero-order valence-corrected chi connectivity index (χ0v) is 26.0. The molecule has 10 nitrogen and oxygen atoms in total. The number of halogens is 1. The quantitative estimate of drug-likeness (QED) is 0.180. The summed E-state index contributed by atoms with van der Waals surface area (Å²) in [5.74, 6) is 1.01. The highest BCUT2D eigenvalue weighted by molar-refractivity contribution is 9.10. The summed E-state index contributed by atoms with van der Waals surface area (Å²) in [5, 5.41) is 18.4. The van der Waals surface area contributed by atoms with Crippen molar-refractivity contribution in [3.63, 3.8) is 0 Å². The van der Waals surface area contributed by atoms with Gasteiger partial charge in [-0.3, -0.25) is 14.2 Å². The second kappa shape index (κ2) is 13.3. The van der Waals surface area contributed by atoms with E-state index < -0.39 is 0 Å². The fourth-order valence-electron chi connectivity index (χ4n) is 4.83. The van der Waals surface area contributed by atoms with E-state index >= 15 is 0 Å². The third-order valence-electron chi connectivity index (χ3n) is 7.04. The SMILES string of the molecule is COc1ccc(C2CC(c3ccc(Br)cc3)=NN2C(=O)CSc2nnc(CNC(=O)c3ccco3)n2-c2ccccc2)cc1. The predicted octanol–water partition coefficient (Wildman–Crippen LogP) is 6.03. The summed E-state index contributed by atoms with van der Waals surface area (Å²) in [6.45, 7) is 0.114. The molecule has 3 heterocycles. The average Bonchev–Trinajstić information content (AvgIpc) is 3.84. The number of methoxy groups -OCH3 is 1. The van der Waals surface area contributed by atoms with Crippen molar-refractivity contribution in [1.82, 2.24) is 25.1 Å². The molecule has 0 bridgehead atoms. The molecule has 1 atom stereocenters. The van der Waals surface area contributed by atoms with Gasteiger partial charge in [-0.25, -0.2) is 5.01 Å². The first kappa shape index (κ1) is 29.4. The van der Waals surface area contributed by atoms with Gasteiger partial charge in [0.15, 0.2) is 16.7 Å². The van der Waals surface area contributed by atoms with Crippen LogP contribution in [0.25, 0.3) is 5.69 Å². The normalized spacial score (nSPS) is 14.4. The van der Waals surface area contributed by atoms with Gasteiger partial charge in [-0.15, -0.1) is 10.2 Å². The minimum atomic E-state index is -0.361. The largest absolute Gasteiger partial charge is 0.497 e. The number of hydrogen-bond acceptors (Lipinski definition) is 8. The third kappa shape index (κ3) is 6.46. The molecule has 44 heavy (non-hydrogen) atoms. The van der Waals surface area contributed by atoms with Crippen LogP contribution in [0.15, 0.2) is 116 Å². The number of hydrazone groups is 1. The van der Waals surface area contributed by atoms with Crippen molar-refractivity contribution in [2.75, 3.05) is 12.9 Å². The zero-order chi connectivity index (χ0) is 30.5. The number of para-hydroxylation sites is 1. The van der Waals surface area contributed by atoms with E-state index in [1.165, 1.54) is 18.0 Å². The Morgan fingerprint density at radius 2 is 1.77 bits per heavy atom. The first-order valence-corrected chi connectivity index (χ1v) is 15.5. The molecule has 2 amide bonds. The summed E-state index contributed by atoms with van der Waals surface area (Å²) < 4.78 is 13.3. The number of carbonyl (C=O) groups excluding carboxylic acids is 2. The van der Waals surface area contributed by atoms with E-state index in [9.17, 15) is 9.59 Å². The van der Waals surface area contributed by atoms with Gasteiger partial charge in [-0.2, -0.15) is 5.10 Å². The van der Waals surface area contributed by atoms with Crippen molar-refractivity contribution in [1.29, 1.82) is 0 Å². The molecule has 5 aromatic rings. The first-order chi connectivity index (χ1) is 21.5. The van der Waals surface area contributed by atoms with Crippen LogP contribution in [0.4, 0.5) is 0 Å². The number of nitrogens with zero attached hydrogens (tertiary/aromatic N) is 5. The summed E-state index contributed by atoms with van der Waals surface area (Å²) in [4.78, 5) is 26.3. The van der Waals surface area contributed by atoms with Crippen molar-refractivity contribution in [2.24, 2.45) is 5.10 Å². The number of thioether (sulfide) groups is 1. The fraction of sp³-hybridized carbons (Fsp3) is 0.156. The van der Waals surface area contributed by atoms with Crippen molar-refractivity contribution in [2.45, 2.75) is 24.2 Å². The number of rotatable bonds is 10. The van der Waals surface area contributed by atoms with Crippen LogP contribution in [0.3, 0.4) is 0 Å². The Hall–Kier alpha value is -4.68. The van der Waals surface area contributed by atoms with Crippen LogP contribution >= 0.6 is 27.7 Å². The summed E-state index contributed by atoms with van der Waals surface area (Å²) in [7, 11) is 1.62. The molecule has 6 rings (SSSR count). The summed E-state index contributed by atoms with van der Waals surface area (Å²) in [6, 6.07) is 28.1. The van der Waals surface area contributed by atoms with Gasteiger partial charge < -0.3 is 14.5 Å². The topological polar surface area (TPSA) is 115 Å². The van der Waals surface area contributed by atoms with Crippen LogP contribution in [0.1, 0.15) is 40.0 Å². The van der Waals surface area contributed by atoms with Gasteiger partial charge >= 0.3 is 0 Å². The molecule has 1 unspecified atom stereocenters. The van der Waals surface area contributed by atoms with Crippen molar-refractivity contribution < 1.29 is 18.7 Å². The Labute approximate surface area is 266 Å². The Kier molecular flexibility index (Phi) is 8.89. The lowest BCUT2D eigenvalue weighted by atomic mass is 9.98. The van der Waals surface area contributed by atoms with Gasteiger partial charge in [0, 0.05) is 16.6 Å². The molecule has 222 valence electrons. The molecular formula is C32H27BrN6O4S. The second-order valence-electron chi connectivity index (χ2n) is 9.80. The molecule has 2 aromatic heterocycles. The van der Waals surface area contributed by atoms with Crippen LogP contribution in [-0.2, 0) is 11.3 Å². The van der Waals surface area contributed by atoms with Crippen LogP contribution < -0.4 is 10.1 Å². The Morgan fingerprint density at radius 1 is 1.00 bits per heavy atom. The van der Waals surface area contributed by atoms with E-state index in [1.54, 1.807) is 24.3 Å². The zero-order valence-electron chi connectivity index (χ0n) is 23.6. The van der Waals surface area contributed by atoms with Gasteiger partial charge in [-0.05, 0) is 59.7 Å². The number of benzene rings is 3. The van der Waals surface area contributed by atoms with E-state index in [1.807, 2.05) is 83.4 Å². The van der Waals surface area contributed by atoms with Crippen molar-refractivity contribution in [3.8, 4) is 11.4 Å². The average molecular weight is 672 g/mol. The molecule has 0 saturated heterocycles. The summed E-state index contributed by atoms with van der Waals surface area (Å²) in [5.41, 5.74) is 3.56. The standard InChI is InChI=1S/C32H27BrN6O4S/c1-42-25-15-11-22(12-16-25)27-18-26(21-9-13-23(33)14-10-21)37-39(27)30(40)20-44-32-36-35-29(38(32)24-6-3-2-4-7-24)19-34-31(41)28-8-5-17-43-28/h2-17,27H,18-20H2,1H3,(H,34,41). The molecular weight excluding hydrogens is 644 g/mol. The smallest absolute Gasteiger partial charge is 0.287 e. The monoisotopic (exact) mass is 670 g/mol. The lowest BCUT2D eigenvalue weighted by Crippen LogP contribution is -2.28. The summed E-state index contributed by atoms with van der Waals surface area (Å²) >= 11 is 4.75. The lowest BCUT2D eigenvalue weighted by molar-refractivity contribution is -0.130. The minimum absolute atomic E-state index is 0.0769. The Bertz CT molecular complexity index is 1770. The van der Waals surface area contributed by atoms with E-state index in [0.29, 0.717) is 17.4 Å². The molecule has 0 spiro atoms. The van der Waals surface area contributed by atoms with Gasteiger partial charge in [0.2, 0.25) is 0 Å². The van der Waals surface area contributed by atoms with Crippen LogP contribution in [0.2, 0.25) is 0 Å².